The zero-order valence-electron chi connectivity index (χ0n) is 8.95. The van der Waals surface area contributed by atoms with Gasteiger partial charge in [-0.05, 0) is 17.7 Å². The monoisotopic (exact) mass is 245 g/mol. The smallest absolute Gasteiger partial charge is 0.414 e. The molecule has 0 spiro atoms. The number of hydrogen-bond donors (Lipinski definition) is 0. The van der Waals surface area contributed by atoms with Crippen LogP contribution in [0.1, 0.15) is 11.6 Å². The van der Waals surface area contributed by atoms with E-state index in [4.69, 9.17) is 4.74 Å². The third-order valence-electron chi connectivity index (χ3n) is 2.04. The zero-order valence-corrected chi connectivity index (χ0v) is 11.0. The molecular formula is C10H11AlF3NO. The maximum absolute atomic E-state index is 12.6. The number of benzene rings is 1. The first kappa shape index (κ1) is 13.1. The third-order valence-corrected chi connectivity index (χ3v) is 2.34. The second kappa shape index (κ2) is 5.37. The molecule has 6 heteroatoms. The van der Waals surface area contributed by atoms with Crippen LogP contribution in [0.15, 0.2) is 29.3 Å². The number of halogens is 3. The van der Waals surface area contributed by atoms with Crippen molar-refractivity contribution in [1.29, 1.82) is 0 Å². The van der Waals surface area contributed by atoms with Crippen LogP contribution in [-0.4, -0.2) is 34.7 Å². The number of alkyl halides is 3. The van der Waals surface area contributed by atoms with E-state index < -0.39 is 12.2 Å². The van der Waals surface area contributed by atoms with Crippen LogP contribution in [-0.2, 0) is 0 Å². The van der Waals surface area contributed by atoms with Crippen molar-refractivity contribution in [2.75, 3.05) is 7.11 Å². The van der Waals surface area contributed by atoms with Gasteiger partial charge in [0.2, 0.25) is 0 Å². The first-order valence-corrected chi connectivity index (χ1v) is 5.83. The molecule has 0 heterocycles. The molecule has 0 saturated carbocycles. The van der Waals surface area contributed by atoms with Crippen LogP contribution in [0.4, 0.5) is 13.2 Å². The van der Waals surface area contributed by atoms with Crippen molar-refractivity contribution >= 4 is 21.4 Å². The highest BCUT2D eigenvalue weighted by Crippen LogP contribution is 2.36. The molecule has 0 radical (unpaired) electrons. The van der Waals surface area contributed by atoms with Gasteiger partial charge in [-0.25, -0.2) is 0 Å². The Balaban J connectivity index is 3.02. The van der Waals surface area contributed by atoms with E-state index in [0.717, 1.165) is 0 Å². The lowest BCUT2D eigenvalue weighted by atomic mass is 10.1. The second-order valence-electron chi connectivity index (χ2n) is 3.12. The van der Waals surface area contributed by atoms with Gasteiger partial charge in [-0.3, -0.25) is 4.99 Å². The topological polar surface area (TPSA) is 21.6 Å². The first-order valence-electron chi connectivity index (χ1n) is 4.67. The van der Waals surface area contributed by atoms with Crippen LogP contribution < -0.4 is 4.74 Å². The van der Waals surface area contributed by atoms with Crippen LogP contribution >= 0.6 is 0 Å². The maximum atomic E-state index is 12.6. The molecule has 1 atom stereocenters. The molecule has 0 aliphatic carbocycles. The maximum Gasteiger partial charge on any atom is 0.414 e. The normalized spacial score (nSPS) is 14.0. The van der Waals surface area contributed by atoms with Crippen LogP contribution in [0, 0.1) is 0 Å². The summed E-state index contributed by atoms with van der Waals surface area (Å²) in [5.74, 6) is 0.527. The number of nitrogens with zero attached hydrogens (tertiary/aromatic N) is 1. The molecule has 0 amide bonds. The lowest BCUT2D eigenvalue weighted by Crippen LogP contribution is -2.19. The Morgan fingerprint density at radius 2 is 1.88 bits per heavy atom. The van der Waals surface area contributed by atoms with Gasteiger partial charge in [-0.15, -0.1) is 0 Å². The van der Waals surface area contributed by atoms with Crippen molar-refractivity contribution < 1.29 is 17.9 Å². The number of hydrogen-bond acceptors (Lipinski definition) is 2. The van der Waals surface area contributed by atoms with Crippen molar-refractivity contribution in [3.8, 4) is 5.75 Å². The standard InChI is InChI=1S/C10H9F3NO.Al.2H/c1-14-9(10(11,12)13)7-3-5-8(15-2)6-4-7;;;/h1,3-6,9H,2H3;;;. The van der Waals surface area contributed by atoms with Crippen molar-refractivity contribution in [3.05, 3.63) is 29.8 Å². The van der Waals surface area contributed by atoms with Crippen molar-refractivity contribution in [2.45, 2.75) is 12.2 Å². The highest BCUT2D eigenvalue weighted by Gasteiger charge is 2.40. The van der Waals surface area contributed by atoms with Crippen molar-refractivity contribution in [1.82, 2.24) is 0 Å². The second-order valence-corrected chi connectivity index (χ2v) is 3.64. The SMILES string of the molecule is COc1ccc(C(N=[CH][AlH2])C(F)(F)F)cc1. The molecule has 0 aromatic heterocycles. The van der Waals surface area contributed by atoms with Crippen molar-refractivity contribution in [2.24, 2.45) is 4.99 Å². The minimum absolute atomic E-state index is 0.125. The molecule has 16 heavy (non-hydrogen) atoms. The van der Waals surface area contributed by atoms with Crippen LogP contribution in [0.25, 0.3) is 0 Å². The van der Waals surface area contributed by atoms with Gasteiger partial charge in [-0.1, -0.05) is 17.2 Å². The van der Waals surface area contributed by atoms with Gasteiger partial charge in [0.05, 0.1) is 7.11 Å². The molecule has 1 rings (SSSR count). The zero-order chi connectivity index (χ0) is 12.2. The average Bonchev–Trinajstić information content (AvgIpc) is 2.25. The molecule has 0 aliphatic heterocycles. The molecule has 1 unspecified atom stereocenters. The fourth-order valence-corrected chi connectivity index (χ4v) is 1.59. The molecule has 1 aromatic rings. The van der Waals surface area contributed by atoms with E-state index in [-0.39, 0.29) is 5.56 Å². The molecule has 2 nitrogen and oxygen atoms in total. The summed E-state index contributed by atoms with van der Waals surface area (Å²) in [4.78, 5) is 3.49. The Morgan fingerprint density at radius 3 is 2.25 bits per heavy atom. The van der Waals surface area contributed by atoms with Crippen LogP contribution in [0.3, 0.4) is 0 Å². The number of aliphatic imine (C=N–C) groups is 1. The summed E-state index contributed by atoms with van der Waals surface area (Å²) >= 11 is 0.504. The number of ether oxygens (including phenoxy) is 1. The van der Waals surface area contributed by atoms with E-state index in [1.165, 1.54) is 36.5 Å². The fraction of sp³-hybridized carbons (Fsp3) is 0.300. The Hall–Kier alpha value is -0.988. The highest BCUT2D eigenvalue weighted by molar-refractivity contribution is 6.49. The lowest BCUT2D eigenvalue weighted by Gasteiger charge is -2.16. The molecule has 0 fully saturated rings. The first-order chi connectivity index (χ1) is 7.49. The van der Waals surface area contributed by atoms with E-state index in [0.29, 0.717) is 22.0 Å². The Bertz CT molecular complexity index is 361. The van der Waals surface area contributed by atoms with E-state index in [1.54, 1.807) is 0 Å². The number of rotatable bonds is 3. The van der Waals surface area contributed by atoms with Gasteiger partial charge in [0.25, 0.3) is 16.3 Å². The Kier molecular flexibility index (Phi) is 4.39. The fourth-order valence-electron chi connectivity index (χ4n) is 1.29. The lowest BCUT2D eigenvalue weighted by molar-refractivity contribution is -0.148. The Morgan fingerprint density at radius 1 is 1.31 bits per heavy atom. The predicted octanol–water partition coefficient (Wildman–Crippen LogP) is 1.96. The van der Waals surface area contributed by atoms with E-state index in [1.807, 2.05) is 0 Å². The largest absolute Gasteiger partial charge is 0.497 e. The van der Waals surface area contributed by atoms with E-state index >= 15 is 0 Å². The summed E-state index contributed by atoms with van der Waals surface area (Å²) in [6.45, 7) is 0. The molecule has 0 N–H and O–H groups in total. The van der Waals surface area contributed by atoms with Crippen LogP contribution in [0.2, 0.25) is 0 Å². The molecule has 0 aliphatic rings. The van der Waals surface area contributed by atoms with Gasteiger partial charge in [-0.2, -0.15) is 13.2 Å². The molecule has 86 valence electrons. The summed E-state index contributed by atoms with van der Waals surface area (Å²) in [7, 11) is 1.46. The third kappa shape index (κ3) is 3.26. The quantitative estimate of drug-likeness (QED) is 0.589. The summed E-state index contributed by atoms with van der Waals surface area (Å²) < 4.78 is 42.8. The minimum atomic E-state index is -4.35. The average molecular weight is 245 g/mol. The van der Waals surface area contributed by atoms with E-state index in [9.17, 15) is 13.2 Å². The van der Waals surface area contributed by atoms with Gasteiger partial charge in [0, 0.05) is 0 Å². The van der Waals surface area contributed by atoms with Crippen molar-refractivity contribution in [3.63, 3.8) is 0 Å². The highest BCUT2D eigenvalue weighted by atomic mass is 27.0. The summed E-state index contributed by atoms with van der Waals surface area (Å²) in [6.07, 6.45) is -4.35. The minimum Gasteiger partial charge on any atom is -0.497 e. The van der Waals surface area contributed by atoms with Crippen LogP contribution in [0.5, 0.6) is 5.75 Å². The number of methoxy groups -OCH3 is 1. The molecule has 0 saturated heterocycles. The van der Waals surface area contributed by atoms with Gasteiger partial charge in [0.1, 0.15) is 5.75 Å². The molecular weight excluding hydrogens is 234 g/mol. The van der Waals surface area contributed by atoms with Gasteiger partial charge >= 0.3 is 6.18 Å². The Labute approximate surface area is 99.6 Å². The summed E-state index contributed by atoms with van der Waals surface area (Å²) in [6, 6.07) is 3.99. The van der Waals surface area contributed by atoms with Gasteiger partial charge < -0.3 is 4.74 Å². The summed E-state index contributed by atoms with van der Waals surface area (Å²) in [5.41, 5.74) is 0.125. The van der Waals surface area contributed by atoms with E-state index in [2.05, 4.69) is 4.99 Å². The molecule has 0 bridgehead atoms. The summed E-state index contributed by atoms with van der Waals surface area (Å²) in [5, 5.41) is 1.29. The molecule has 1 aromatic carbocycles. The predicted molar refractivity (Wildman–Crippen MR) is 58.8 cm³/mol. The van der Waals surface area contributed by atoms with Gasteiger partial charge in [0.15, 0.2) is 6.04 Å².